The molecule has 9 heteroatoms. The van der Waals surface area contributed by atoms with Crippen LogP contribution in [0.25, 0.3) is 11.1 Å². The lowest BCUT2D eigenvalue weighted by Gasteiger charge is -2.32. The zero-order valence-corrected chi connectivity index (χ0v) is 20.4. The SMILES string of the molecule is CC1COC(Cn2cncn2)(c2c(Cl)ccc(Oc3ccc(Cl)cc3)c2-c2cccc(Cl)c2)O1. The van der Waals surface area contributed by atoms with Gasteiger partial charge in [0, 0.05) is 21.2 Å². The summed E-state index contributed by atoms with van der Waals surface area (Å²) in [5.41, 5.74) is 2.14. The van der Waals surface area contributed by atoms with Gasteiger partial charge >= 0.3 is 0 Å². The smallest absolute Gasteiger partial charge is 0.217 e. The predicted octanol–water partition coefficient (Wildman–Crippen LogP) is 6.99. The van der Waals surface area contributed by atoms with E-state index in [4.69, 9.17) is 49.0 Å². The molecule has 4 aromatic rings. The van der Waals surface area contributed by atoms with Crippen molar-refractivity contribution in [3.63, 3.8) is 0 Å². The Labute approximate surface area is 211 Å². The molecule has 0 aliphatic carbocycles. The van der Waals surface area contributed by atoms with E-state index in [0.29, 0.717) is 44.3 Å². The van der Waals surface area contributed by atoms with Crippen LogP contribution in [0.3, 0.4) is 0 Å². The third kappa shape index (κ3) is 4.65. The molecule has 0 bridgehead atoms. The molecule has 1 saturated heterocycles. The lowest BCUT2D eigenvalue weighted by Crippen LogP contribution is -2.34. The Balaban J connectivity index is 1.72. The molecule has 0 amide bonds. The first-order valence-corrected chi connectivity index (χ1v) is 11.7. The summed E-state index contributed by atoms with van der Waals surface area (Å²) in [5, 5.41) is 5.92. The summed E-state index contributed by atoms with van der Waals surface area (Å²) >= 11 is 19.3. The van der Waals surface area contributed by atoms with Crippen molar-refractivity contribution in [2.24, 2.45) is 0 Å². The van der Waals surface area contributed by atoms with Crippen LogP contribution in [0.1, 0.15) is 12.5 Å². The molecule has 2 unspecified atom stereocenters. The maximum Gasteiger partial charge on any atom is 0.217 e. The molecule has 1 fully saturated rings. The van der Waals surface area contributed by atoms with Gasteiger partial charge in [-0.3, -0.25) is 0 Å². The first kappa shape index (κ1) is 23.1. The molecular formula is C25H20Cl3N3O3. The van der Waals surface area contributed by atoms with Crippen LogP contribution in [0.4, 0.5) is 0 Å². The van der Waals surface area contributed by atoms with E-state index in [-0.39, 0.29) is 12.6 Å². The van der Waals surface area contributed by atoms with Gasteiger partial charge in [0.1, 0.15) is 30.7 Å². The standard InChI is InChI=1S/C25H20Cl3N3O3/c1-16-12-32-25(34-16,13-31-15-29-14-30-31)24-21(28)9-10-22(33-20-7-5-18(26)6-8-20)23(24)17-3-2-4-19(27)11-17/h2-11,14-16H,12-13H2,1H3. The largest absolute Gasteiger partial charge is 0.457 e. The number of nitrogens with zero attached hydrogens (tertiary/aromatic N) is 3. The van der Waals surface area contributed by atoms with E-state index >= 15 is 0 Å². The molecule has 5 rings (SSSR count). The molecule has 174 valence electrons. The van der Waals surface area contributed by atoms with Gasteiger partial charge in [-0.1, -0.05) is 46.9 Å². The molecule has 0 saturated carbocycles. The molecule has 0 radical (unpaired) electrons. The number of ether oxygens (including phenoxy) is 3. The molecule has 34 heavy (non-hydrogen) atoms. The fourth-order valence-corrected chi connectivity index (χ4v) is 4.66. The number of rotatable bonds is 6. The lowest BCUT2D eigenvalue weighted by atomic mass is 9.92. The summed E-state index contributed by atoms with van der Waals surface area (Å²) in [6.07, 6.45) is 2.91. The molecular weight excluding hydrogens is 497 g/mol. The van der Waals surface area contributed by atoms with Crippen molar-refractivity contribution in [3.05, 3.63) is 93.9 Å². The summed E-state index contributed by atoms with van der Waals surface area (Å²) in [6, 6.07) is 18.2. The van der Waals surface area contributed by atoms with E-state index in [2.05, 4.69) is 10.1 Å². The number of halogens is 3. The normalized spacial score (nSPS) is 19.9. The van der Waals surface area contributed by atoms with E-state index in [1.165, 1.54) is 6.33 Å². The minimum atomic E-state index is -1.22. The summed E-state index contributed by atoms with van der Waals surface area (Å²) < 4.78 is 20.7. The van der Waals surface area contributed by atoms with Crippen molar-refractivity contribution < 1.29 is 14.2 Å². The summed E-state index contributed by atoms with van der Waals surface area (Å²) in [6.45, 7) is 2.58. The number of aromatic nitrogens is 3. The van der Waals surface area contributed by atoms with Crippen LogP contribution in [0.2, 0.25) is 15.1 Å². The fourth-order valence-electron chi connectivity index (χ4n) is 4.04. The maximum absolute atomic E-state index is 6.86. The van der Waals surface area contributed by atoms with Crippen molar-refractivity contribution in [2.45, 2.75) is 25.4 Å². The topological polar surface area (TPSA) is 58.4 Å². The van der Waals surface area contributed by atoms with E-state index in [1.807, 2.05) is 37.3 Å². The van der Waals surface area contributed by atoms with Crippen molar-refractivity contribution >= 4 is 34.8 Å². The van der Waals surface area contributed by atoms with Crippen LogP contribution in [-0.2, 0) is 21.8 Å². The molecule has 2 heterocycles. The Morgan fingerprint density at radius 3 is 2.56 bits per heavy atom. The summed E-state index contributed by atoms with van der Waals surface area (Å²) in [4.78, 5) is 4.06. The zero-order valence-electron chi connectivity index (χ0n) is 18.1. The zero-order chi connectivity index (χ0) is 23.7. The summed E-state index contributed by atoms with van der Waals surface area (Å²) in [5.74, 6) is -0.0390. The van der Waals surface area contributed by atoms with Crippen LogP contribution in [-0.4, -0.2) is 27.5 Å². The highest BCUT2D eigenvalue weighted by molar-refractivity contribution is 6.32. The highest BCUT2D eigenvalue weighted by Crippen LogP contribution is 2.49. The second-order valence-electron chi connectivity index (χ2n) is 7.95. The fraction of sp³-hybridized carbons (Fsp3) is 0.200. The van der Waals surface area contributed by atoms with Crippen LogP contribution < -0.4 is 4.74 Å². The Morgan fingerprint density at radius 2 is 1.88 bits per heavy atom. The Bertz CT molecular complexity index is 1300. The van der Waals surface area contributed by atoms with Gasteiger partial charge < -0.3 is 14.2 Å². The quantitative estimate of drug-likeness (QED) is 0.276. The van der Waals surface area contributed by atoms with Crippen LogP contribution in [0.5, 0.6) is 11.5 Å². The van der Waals surface area contributed by atoms with Crippen molar-refractivity contribution in [1.82, 2.24) is 14.8 Å². The first-order valence-electron chi connectivity index (χ1n) is 10.6. The van der Waals surface area contributed by atoms with Gasteiger partial charge in [0.15, 0.2) is 0 Å². The number of hydrogen-bond acceptors (Lipinski definition) is 5. The molecule has 6 nitrogen and oxygen atoms in total. The van der Waals surface area contributed by atoms with Crippen molar-refractivity contribution in [3.8, 4) is 22.6 Å². The predicted molar refractivity (Wildman–Crippen MR) is 132 cm³/mol. The van der Waals surface area contributed by atoms with Crippen LogP contribution in [0, 0.1) is 0 Å². The van der Waals surface area contributed by atoms with Gasteiger partial charge in [0.25, 0.3) is 0 Å². The summed E-state index contributed by atoms with van der Waals surface area (Å²) in [7, 11) is 0. The van der Waals surface area contributed by atoms with E-state index in [1.54, 1.807) is 41.3 Å². The van der Waals surface area contributed by atoms with Crippen molar-refractivity contribution in [1.29, 1.82) is 0 Å². The Kier molecular flexibility index (Phi) is 6.51. The minimum Gasteiger partial charge on any atom is -0.457 e. The third-order valence-corrected chi connectivity index (χ3v) is 6.23. The van der Waals surface area contributed by atoms with Gasteiger partial charge in [-0.05, 0) is 61.0 Å². The molecule has 1 aliphatic rings. The molecule has 1 aliphatic heterocycles. The maximum atomic E-state index is 6.86. The Hall–Kier alpha value is -2.61. The van der Waals surface area contributed by atoms with Gasteiger partial charge in [-0.25, -0.2) is 9.67 Å². The van der Waals surface area contributed by atoms with Gasteiger partial charge in [0.2, 0.25) is 5.79 Å². The molecule has 3 aromatic carbocycles. The molecule has 1 aromatic heterocycles. The monoisotopic (exact) mass is 515 g/mol. The Morgan fingerprint density at radius 1 is 1.06 bits per heavy atom. The second-order valence-corrected chi connectivity index (χ2v) is 9.23. The number of benzene rings is 3. The number of hydrogen-bond donors (Lipinski definition) is 0. The van der Waals surface area contributed by atoms with Gasteiger partial charge in [0.05, 0.1) is 17.7 Å². The van der Waals surface area contributed by atoms with Crippen LogP contribution in [0.15, 0.2) is 73.3 Å². The van der Waals surface area contributed by atoms with E-state index < -0.39 is 5.79 Å². The van der Waals surface area contributed by atoms with E-state index in [9.17, 15) is 0 Å². The molecule has 2 atom stereocenters. The van der Waals surface area contributed by atoms with Crippen molar-refractivity contribution in [2.75, 3.05) is 6.61 Å². The average molecular weight is 517 g/mol. The van der Waals surface area contributed by atoms with Gasteiger partial charge in [-0.2, -0.15) is 5.10 Å². The highest BCUT2D eigenvalue weighted by Gasteiger charge is 2.46. The molecule has 0 N–H and O–H groups in total. The van der Waals surface area contributed by atoms with Crippen LogP contribution >= 0.6 is 34.8 Å². The van der Waals surface area contributed by atoms with Gasteiger partial charge in [-0.15, -0.1) is 0 Å². The average Bonchev–Trinajstić information content (AvgIpc) is 3.46. The molecule has 0 spiro atoms. The minimum absolute atomic E-state index is 0.160. The highest BCUT2D eigenvalue weighted by atomic mass is 35.5. The van der Waals surface area contributed by atoms with E-state index in [0.717, 1.165) is 5.56 Å². The third-order valence-electron chi connectivity index (χ3n) is 5.43. The first-order chi connectivity index (χ1) is 16.4. The second kappa shape index (κ2) is 9.56. The lowest BCUT2D eigenvalue weighted by molar-refractivity contribution is -0.186.